The second-order valence-electron chi connectivity index (χ2n) is 4.80. The number of amides is 2. The highest BCUT2D eigenvalue weighted by atomic mass is 35.5. The van der Waals surface area contributed by atoms with Crippen LogP contribution in [-0.2, 0) is 4.79 Å². The minimum absolute atomic E-state index is 0.107. The summed E-state index contributed by atoms with van der Waals surface area (Å²) in [6.45, 7) is -0.107. The Bertz CT molecular complexity index is 721. The first kappa shape index (κ1) is 16.8. The minimum Gasteiger partial charge on any atom is -0.497 e. The van der Waals surface area contributed by atoms with E-state index in [1.807, 2.05) is 0 Å². The summed E-state index contributed by atoms with van der Waals surface area (Å²) in [5, 5.41) is 3.12. The Morgan fingerprint density at radius 1 is 1.30 bits per heavy atom. The van der Waals surface area contributed by atoms with E-state index in [0.29, 0.717) is 16.5 Å². The number of ether oxygens (including phenoxy) is 1. The van der Waals surface area contributed by atoms with E-state index in [4.69, 9.17) is 16.3 Å². The van der Waals surface area contributed by atoms with Gasteiger partial charge < -0.3 is 15.0 Å². The number of carbonyl (C=O) groups excluding carboxylic acids is 2. The van der Waals surface area contributed by atoms with Gasteiger partial charge in [0, 0.05) is 30.0 Å². The van der Waals surface area contributed by atoms with Crippen molar-refractivity contribution >= 4 is 29.1 Å². The third kappa shape index (κ3) is 4.69. The van der Waals surface area contributed by atoms with E-state index in [-0.39, 0.29) is 24.1 Å². The molecule has 0 aliphatic carbocycles. The quantitative estimate of drug-likeness (QED) is 0.912. The number of hydrogen-bond donors (Lipinski definition) is 1. The molecule has 1 aromatic carbocycles. The molecular formula is C16H16ClN3O3. The van der Waals surface area contributed by atoms with E-state index in [1.54, 1.807) is 37.4 Å². The summed E-state index contributed by atoms with van der Waals surface area (Å²) in [6.07, 6.45) is 1.44. The van der Waals surface area contributed by atoms with E-state index < -0.39 is 0 Å². The molecule has 2 amide bonds. The first-order valence-corrected chi connectivity index (χ1v) is 7.18. The van der Waals surface area contributed by atoms with Gasteiger partial charge in [0.15, 0.2) is 0 Å². The normalized spacial score (nSPS) is 10.0. The third-order valence-electron chi connectivity index (χ3n) is 3.02. The molecule has 6 nitrogen and oxygen atoms in total. The van der Waals surface area contributed by atoms with Crippen molar-refractivity contribution in [2.24, 2.45) is 0 Å². The molecule has 0 saturated carbocycles. The van der Waals surface area contributed by atoms with Crippen LogP contribution in [0.2, 0.25) is 5.02 Å². The first-order valence-electron chi connectivity index (χ1n) is 6.80. The van der Waals surface area contributed by atoms with Gasteiger partial charge in [-0.15, -0.1) is 0 Å². The van der Waals surface area contributed by atoms with Gasteiger partial charge >= 0.3 is 0 Å². The number of benzene rings is 1. The maximum Gasteiger partial charge on any atom is 0.272 e. The smallest absolute Gasteiger partial charge is 0.272 e. The van der Waals surface area contributed by atoms with Crippen molar-refractivity contribution in [3.8, 4) is 5.75 Å². The summed E-state index contributed by atoms with van der Waals surface area (Å²) in [5.41, 5.74) is 0.783. The lowest BCUT2D eigenvalue weighted by Crippen LogP contribution is -2.35. The second-order valence-corrected chi connectivity index (χ2v) is 5.24. The van der Waals surface area contributed by atoms with Crippen LogP contribution in [0.3, 0.4) is 0 Å². The molecule has 0 bridgehead atoms. The Balaban J connectivity index is 1.97. The SMILES string of the molecule is COc1cccc(NC(=O)CN(C)C(=O)c2cc(Cl)ccn2)c1. The lowest BCUT2D eigenvalue weighted by Gasteiger charge is -2.16. The summed E-state index contributed by atoms with van der Waals surface area (Å²) in [6, 6.07) is 10.0. The van der Waals surface area contributed by atoms with Crippen LogP contribution in [0.1, 0.15) is 10.5 Å². The molecule has 0 saturated heterocycles. The molecule has 0 atom stereocenters. The Labute approximate surface area is 139 Å². The molecule has 0 radical (unpaired) electrons. The molecule has 0 aliphatic rings. The molecule has 23 heavy (non-hydrogen) atoms. The Kier molecular flexibility index (Phi) is 5.54. The zero-order chi connectivity index (χ0) is 16.8. The summed E-state index contributed by atoms with van der Waals surface area (Å²) in [7, 11) is 3.07. The van der Waals surface area contributed by atoms with Crippen LogP contribution >= 0.6 is 11.6 Å². The average molecular weight is 334 g/mol. The summed E-state index contributed by atoms with van der Waals surface area (Å²) in [4.78, 5) is 29.4. The van der Waals surface area contributed by atoms with Crippen molar-refractivity contribution in [3.63, 3.8) is 0 Å². The molecule has 0 unspecified atom stereocenters. The van der Waals surface area contributed by atoms with Crippen LogP contribution in [0, 0.1) is 0 Å². The molecule has 2 aromatic rings. The van der Waals surface area contributed by atoms with Gasteiger partial charge in [-0.1, -0.05) is 17.7 Å². The van der Waals surface area contributed by atoms with Crippen molar-refractivity contribution < 1.29 is 14.3 Å². The second kappa shape index (κ2) is 7.60. The van der Waals surface area contributed by atoms with E-state index >= 15 is 0 Å². The van der Waals surface area contributed by atoms with Crippen LogP contribution in [-0.4, -0.2) is 42.4 Å². The fraction of sp³-hybridized carbons (Fsp3) is 0.188. The topological polar surface area (TPSA) is 71.5 Å². The van der Waals surface area contributed by atoms with Gasteiger partial charge in [0.2, 0.25) is 5.91 Å². The molecule has 0 fully saturated rings. The third-order valence-corrected chi connectivity index (χ3v) is 3.26. The van der Waals surface area contributed by atoms with Crippen LogP contribution < -0.4 is 10.1 Å². The van der Waals surface area contributed by atoms with Crippen LogP contribution in [0.25, 0.3) is 0 Å². The first-order chi connectivity index (χ1) is 11.0. The molecule has 7 heteroatoms. The molecule has 1 N–H and O–H groups in total. The van der Waals surface area contributed by atoms with Gasteiger partial charge in [-0.25, -0.2) is 0 Å². The molecule has 120 valence electrons. The Hall–Kier alpha value is -2.60. The molecule has 2 rings (SSSR count). The number of nitrogens with zero attached hydrogens (tertiary/aromatic N) is 2. The standard InChI is InChI=1S/C16H16ClN3O3/c1-20(16(22)14-8-11(17)6-7-18-14)10-15(21)19-12-4-3-5-13(9-12)23-2/h3-9H,10H2,1-2H3,(H,19,21). The zero-order valence-corrected chi connectivity index (χ0v) is 13.5. The predicted octanol–water partition coefficient (Wildman–Crippen LogP) is 2.45. The van der Waals surface area contributed by atoms with Crippen LogP contribution in [0.5, 0.6) is 5.75 Å². The number of anilines is 1. The van der Waals surface area contributed by atoms with Crippen molar-refractivity contribution in [1.29, 1.82) is 0 Å². The summed E-state index contributed by atoms with van der Waals surface area (Å²) in [5.74, 6) is -0.0696. The molecule has 0 aliphatic heterocycles. The fourth-order valence-corrected chi connectivity index (χ4v) is 2.07. The van der Waals surface area contributed by atoms with Crippen molar-refractivity contribution in [1.82, 2.24) is 9.88 Å². The number of pyridine rings is 1. The van der Waals surface area contributed by atoms with Crippen molar-refractivity contribution in [2.45, 2.75) is 0 Å². The number of nitrogens with one attached hydrogen (secondary N) is 1. The highest BCUT2D eigenvalue weighted by molar-refractivity contribution is 6.30. The van der Waals surface area contributed by atoms with Gasteiger partial charge in [0.05, 0.1) is 13.7 Å². The maximum atomic E-state index is 12.2. The number of methoxy groups -OCH3 is 1. The summed E-state index contributed by atoms with van der Waals surface area (Å²) >= 11 is 5.83. The zero-order valence-electron chi connectivity index (χ0n) is 12.7. The van der Waals surface area contributed by atoms with Gasteiger partial charge in [0.25, 0.3) is 5.91 Å². The summed E-state index contributed by atoms with van der Waals surface area (Å²) < 4.78 is 5.09. The largest absolute Gasteiger partial charge is 0.497 e. The van der Waals surface area contributed by atoms with Gasteiger partial charge in [-0.2, -0.15) is 0 Å². The average Bonchev–Trinajstić information content (AvgIpc) is 2.54. The number of halogens is 1. The van der Waals surface area contributed by atoms with Gasteiger partial charge in [0.1, 0.15) is 11.4 Å². The van der Waals surface area contributed by atoms with Crippen LogP contribution in [0.15, 0.2) is 42.6 Å². The predicted molar refractivity (Wildman–Crippen MR) is 87.8 cm³/mol. The number of rotatable bonds is 5. The molecule has 0 spiro atoms. The lowest BCUT2D eigenvalue weighted by atomic mass is 10.3. The molecular weight excluding hydrogens is 318 g/mol. The Morgan fingerprint density at radius 2 is 2.09 bits per heavy atom. The van der Waals surface area contributed by atoms with E-state index in [2.05, 4.69) is 10.3 Å². The lowest BCUT2D eigenvalue weighted by molar-refractivity contribution is -0.116. The molecule has 1 heterocycles. The highest BCUT2D eigenvalue weighted by Gasteiger charge is 2.16. The monoisotopic (exact) mass is 333 g/mol. The number of hydrogen-bond acceptors (Lipinski definition) is 4. The highest BCUT2D eigenvalue weighted by Crippen LogP contribution is 2.16. The minimum atomic E-state index is -0.381. The number of likely N-dealkylation sites (N-methyl/N-ethyl adjacent to an activating group) is 1. The number of carbonyl (C=O) groups is 2. The van der Waals surface area contributed by atoms with E-state index in [9.17, 15) is 9.59 Å². The number of aromatic nitrogens is 1. The van der Waals surface area contributed by atoms with E-state index in [1.165, 1.54) is 24.2 Å². The fourth-order valence-electron chi connectivity index (χ4n) is 1.91. The van der Waals surface area contributed by atoms with Crippen molar-refractivity contribution in [3.05, 3.63) is 53.3 Å². The molecule has 1 aromatic heterocycles. The van der Waals surface area contributed by atoms with Crippen molar-refractivity contribution in [2.75, 3.05) is 26.0 Å². The van der Waals surface area contributed by atoms with E-state index in [0.717, 1.165) is 0 Å². The van der Waals surface area contributed by atoms with Crippen LogP contribution in [0.4, 0.5) is 5.69 Å². The van der Waals surface area contributed by atoms with Gasteiger partial charge in [-0.3, -0.25) is 14.6 Å². The van der Waals surface area contributed by atoms with Gasteiger partial charge in [-0.05, 0) is 24.3 Å². The maximum absolute atomic E-state index is 12.2. The Morgan fingerprint density at radius 3 is 2.78 bits per heavy atom.